The zero-order chi connectivity index (χ0) is 14.8. The summed E-state index contributed by atoms with van der Waals surface area (Å²) in [5, 5.41) is 4.27. The van der Waals surface area contributed by atoms with Gasteiger partial charge < -0.3 is 10.5 Å². The van der Waals surface area contributed by atoms with E-state index >= 15 is 0 Å². The van der Waals surface area contributed by atoms with Crippen molar-refractivity contribution in [3.8, 4) is 11.1 Å². The Balaban J connectivity index is 2.34. The van der Waals surface area contributed by atoms with Crippen LogP contribution in [0.5, 0.6) is 0 Å². The van der Waals surface area contributed by atoms with Gasteiger partial charge in [0.15, 0.2) is 5.54 Å². The maximum atomic E-state index is 12.0. The summed E-state index contributed by atoms with van der Waals surface area (Å²) in [6.07, 6.45) is 3.51. The molecular formula is C15H19N3O2. The number of benzene rings is 1. The third-order valence-electron chi connectivity index (χ3n) is 3.20. The van der Waals surface area contributed by atoms with E-state index < -0.39 is 5.54 Å². The van der Waals surface area contributed by atoms with Gasteiger partial charge in [-0.2, -0.15) is 5.10 Å². The van der Waals surface area contributed by atoms with E-state index in [0.29, 0.717) is 12.3 Å². The van der Waals surface area contributed by atoms with Gasteiger partial charge in [0.25, 0.3) is 0 Å². The number of nitrogens with two attached hydrogens (primary N) is 1. The van der Waals surface area contributed by atoms with Gasteiger partial charge in [0, 0.05) is 23.0 Å². The molecule has 0 aliphatic rings. The average Bonchev–Trinajstić information content (AvgIpc) is 2.89. The Morgan fingerprint density at radius 3 is 2.75 bits per heavy atom. The van der Waals surface area contributed by atoms with Crippen molar-refractivity contribution in [3.63, 3.8) is 0 Å². The molecule has 1 aromatic heterocycles. The van der Waals surface area contributed by atoms with E-state index in [1.165, 1.54) is 0 Å². The molecule has 106 valence electrons. The Morgan fingerprint density at radius 1 is 1.40 bits per heavy atom. The molecular weight excluding hydrogens is 254 g/mol. The standard InChI is InChI=1S/C15H19N3O2/c1-4-20-14(19)15(2,3)18-10-11(9-17-18)12-7-5-6-8-13(12)16/h5-10H,4,16H2,1-3H3. The van der Waals surface area contributed by atoms with Gasteiger partial charge >= 0.3 is 5.97 Å². The van der Waals surface area contributed by atoms with Crippen molar-refractivity contribution >= 4 is 11.7 Å². The molecule has 0 radical (unpaired) electrons. The van der Waals surface area contributed by atoms with Gasteiger partial charge in [0.05, 0.1) is 12.8 Å². The first-order chi connectivity index (χ1) is 9.46. The fourth-order valence-corrected chi connectivity index (χ4v) is 1.93. The highest BCUT2D eigenvalue weighted by Gasteiger charge is 2.32. The van der Waals surface area contributed by atoms with E-state index in [2.05, 4.69) is 5.10 Å². The van der Waals surface area contributed by atoms with E-state index in [1.807, 2.05) is 30.5 Å². The predicted octanol–water partition coefficient (Wildman–Crippen LogP) is 2.43. The number of carbonyl (C=O) groups is 1. The summed E-state index contributed by atoms with van der Waals surface area (Å²) >= 11 is 0. The number of nitrogens with zero attached hydrogens (tertiary/aromatic N) is 2. The molecule has 0 bridgehead atoms. The van der Waals surface area contributed by atoms with Crippen LogP contribution in [0.25, 0.3) is 11.1 Å². The first kappa shape index (κ1) is 14.1. The minimum absolute atomic E-state index is 0.310. The van der Waals surface area contributed by atoms with Crippen molar-refractivity contribution in [2.24, 2.45) is 0 Å². The van der Waals surface area contributed by atoms with Gasteiger partial charge in [0.1, 0.15) is 0 Å². The molecule has 0 fully saturated rings. The van der Waals surface area contributed by atoms with E-state index in [1.54, 1.807) is 31.6 Å². The van der Waals surface area contributed by atoms with Gasteiger partial charge in [-0.3, -0.25) is 4.68 Å². The summed E-state index contributed by atoms with van der Waals surface area (Å²) < 4.78 is 6.68. The summed E-state index contributed by atoms with van der Waals surface area (Å²) in [6, 6.07) is 7.56. The minimum Gasteiger partial charge on any atom is -0.464 e. The molecule has 2 aromatic rings. The van der Waals surface area contributed by atoms with E-state index in [4.69, 9.17) is 10.5 Å². The zero-order valence-electron chi connectivity index (χ0n) is 12.0. The minimum atomic E-state index is -0.849. The average molecular weight is 273 g/mol. The normalized spacial score (nSPS) is 11.3. The topological polar surface area (TPSA) is 70.1 Å². The molecule has 2 rings (SSSR count). The van der Waals surface area contributed by atoms with Crippen LogP contribution in [0.3, 0.4) is 0 Å². The molecule has 0 saturated heterocycles. The molecule has 0 saturated carbocycles. The third-order valence-corrected chi connectivity index (χ3v) is 3.20. The first-order valence-corrected chi connectivity index (χ1v) is 6.54. The second kappa shape index (κ2) is 5.36. The fourth-order valence-electron chi connectivity index (χ4n) is 1.93. The van der Waals surface area contributed by atoms with Crippen LogP contribution in [0.4, 0.5) is 5.69 Å². The number of rotatable bonds is 4. The Labute approximate surface area is 118 Å². The van der Waals surface area contributed by atoms with Gasteiger partial charge in [-0.25, -0.2) is 4.79 Å². The second-order valence-electron chi connectivity index (χ2n) is 5.04. The molecule has 1 heterocycles. The number of aromatic nitrogens is 2. The second-order valence-corrected chi connectivity index (χ2v) is 5.04. The number of esters is 1. The summed E-state index contributed by atoms with van der Waals surface area (Å²) in [5.74, 6) is -0.310. The van der Waals surface area contributed by atoms with Crippen LogP contribution in [0.2, 0.25) is 0 Å². The number of carbonyl (C=O) groups excluding carboxylic acids is 1. The summed E-state index contributed by atoms with van der Waals surface area (Å²) in [6.45, 7) is 5.68. The van der Waals surface area contributed by atoms with Crippen LogP contribution in [-0.2, 0) is 15.1 Å². The molecule has 0 aliphatic heterocycles. The lowest BCUT2D eigenvalue weighted by Crippen LogP contribution is -2.37. The molecule has 0 atom stereocenters. The number of hydrogen-bond donors (Lipinski definition) is 1. The Morgan fingerprint density at radius 2 is 2.10 bits per heavy atom. The SMILES string of the molecule is CCOC(=O)C(C)(C)n1cc(-c2ccccc2N)cn1. The molecule has 5 nitrogen and oxygen atoms in total. The number of hydrogen-bond acceptors (Lipinski definition) is 4. The number of para-hydroxylation sites is 1. The fraction of sp³-hybridized carbons (Fsp3) is 0.333. The Bertz CT molecular complexity index is 617. The highest BCUT2D eigenvalue weighted by atomic mass is 16.5. The quantitative estimate of drug-likeness (QED) is 0.686. The Hall–Kier alpha value is -2.30. The van der Waals surface area contributed by atoms with Crippen LogP contribution in [-0.4, -0.2) is 22.4 Å². The smallest absolute Gasteiger partial charge is 0.333 e. The maximum Gasteiger partial charge on any atom is 0.333 e. The number of ether oxygens (including phenoxy) is 1. The molecule has 0 aliphatic carbocycles. The van der Waals surface area contributed by atoms with Crippen molar-refractivity contribution in [1.29, 1.82) is 0 Å². The molecule has 0 unspecified atom stereocenters. The first-order valence-electron chi connectivity index (χ1n) is 6.54. The molecule has 20 heavy (non-hydrogen) atoms. The van der Waals surface area contributed by atoms with Crippen LogP contribution in [0.1, 0.15) is 20.8 Å². The lowest BCUT2D eigenvalue weighted by Gasteiger charge is -2.22. The third kappa shape index (κ3) is 2.52. The van der Waals surface area contributed by atoms with Crippen molar-refractivity contribution in [2.45, 2.75) is 26.3 Å². The summed E-state index contributed by atoms with van der Waals surface area (Å²) in [5.41, 5.74) is 7.56. The highest BCUT2D eigenvalue weighted by molar-refractivity contribution is 5.79. The van der Waals surface area contributed by atoms with E-state index in [9.17, 15) is 4.79 Å². The van der Waals surface area contributed by atoms with Crippen molar-refractivity contribution in [3.05, 3.63) is 36.7 Å². The summed E-state index contributed by atoms with van der Waals surface area (Å²) in [7, 11) is 0. The predicted molar refractivity (Wildman–Crippen MR) is 78.0 cm³/mol. The molecule has 5 heteroatoms. The van der Waals surface area contributed by atoms with E-state index in [0.717, 1.165) is 11.1 Å². The maximum absolute atomic E-state index is 12.0. The van der Waals surface area contributed by atoms with Gasteiger partial charge in [-0.05, 0) is 26.8 Å². The molecule has 0 spiro atoms. The molecule has 0 amide bonds. The van der Waals surface area contributed by atoms with Crippen molar-refractivity contribution < 1.29 is 9.53 Å². The van der Waals surface area contributed by atoms with Crippen LogP contribution in [0, 0.1) is 0 Å². The monoisotopic (exact) mass is 273 g/mol. The highest BCUT2D eigenvalue weighted by Crippen LogP contribution is 2.27. The van der Waals surface area contributed by atoms with Gasteiger partial charge in [0.2, 0.25) is 0 Å². The molecule has 1 aromatic carbocycles. The lowest BCUT2D eigenvalue weighted by molar-refractivity contribution is -0.152. The number of anilines is 1. The van der Waals surface area contributed by atoms with Gasteiger partial charge in [-0.15, -0.1) is 0 Å². The largest absolute Gasteiger partial charge is 0.464 e. The zero-order valence-corrected chi connectivity index (χ0v) is 12.0. The number of nitrogen functional groups attached to an aromatic ring is 1. The Kier molecular flexibility index (Phi) is 3.79. The van der Waals surface area contributed by atoms with Crippen molar-refractivity contribution in [1.82, 2.24) is 9.78 Å². The summed E-state index contributed by atoms with van der Waals surface area (Å²) in [4.78, 5) is 12.0. The van der Waals surface area contributed by atoms with Crippen molar-refractivity contribution in [2.75, 3.05) is 12.3 Å². The van der Waals surface area contributed by atoms with Crippen LogP contribution < -0.4 is 5.73 Å². The van der Waals surface area contributed by atoms with Crippen LogP contribution >= 0.6 is 0 Å². The molecule has 2 N–H and O–H groups in total. The lowest BCUT2D eigenvalue weighted by atomic mass is 10.1. The van der Waals surface area contributed by atoms with E-state index in [-0.39, 0.29) is 5.97 Å². The van der Waals surface area contributed by atoms with Gasteiger partial charge in [-0.1, -0.05) is 18.2 Å². The van der Waals surface area contributed by atoms with Crippen LogP contribution in [0.15, 0.2) is 36.7 Å².